The first-order valence-electron chi connectivity index (χ1n) is 8.25. The normalized spacial score (nSPS) is 15.8. The van der Waals surface area contributed by atoms with Crippen LogP contribution in [0.1, 0.15) is 28.4 Å². The lowest BCUT2D eigenvalue weighted by molar-refractivity contribution is -0.116. The summed E-state index contributed by atoms with van der Waals surface area (Å²) < 4.78 is 4.74. The van der Waals surface area contributed by atoms with Gasteiger partial charge in [-0.15, -0.1) is 11.8 Å². The Morgan fingerprint density at radius 1 is 1.20 bits per heavy atom. The van der Waals surface area contributed by atoms with Gasteiger partial charge < -0.3 is 9.64 Å². The van der Waals surface area contributed by atoms with Crippen molar-refractivity contribution in [3.63, 3.8) is 0 Å². The molecule has 1 heterocycles. The lowest BCUT2D eigenvalue weighted by atomic mass is 10.1. The predicted octanol–water partition coefficient (Wildman–Crippen LogP) is 3.68. The van der Waals surface area contributed by atoms with Gasteiger partial charge in [0.05, 0.1) is 18.4 Å². The number of ether oxygens (including phenoxy) is 1. The molecule has 1 aliphatic rings. The van der Waals surface area contributed by atoms with Crippen LogP contribution in [0.5, 0.6) is 0 Å². The Bertz CT molecular complexity index is 790. The maximum atomic E-state index is 12.7. The van der Waals surface area contributed by atoms with Gasteiger partial charge in [0.15, 0.2) is 0 Å². The third-order valence-electron chi connectivity index (χ3n) is 4.32. The molecule has 3 rings (SSSR count). The quantitative estimate of drug-likeness (QED) is 0.768. The number of para-hydroxylation sites is 1. The van der Waals surface area contributed by atoms with Gasteiger partial charge in [0.2, 0.25) is 5.91 Å². The highest BCUT2D eigenvalue weighted by atomic mass is 32.2. The van der Waals surface area contributed by atoms with Gasteiger partial charge in [-0.2, -0.15) is 0 Å². The summed E-state index contributed by atoms with van der Waals surface area (Å²) in [5.41, 5.74) is 3.82. The fourth-order valence-electron chi connectivity index (χ4n) is 3.18. The summed E-state index contributed by atoms with van der Waals surface area (Å²) in [5, 5.41) is 0. The molecule has 0 aliphatic carbocycles. The number of fused-ring (bicyclic) bond motifs is 1. The molecule has 0 saturated carbocycles. The SMILES string of the molecule is COC(=O)c1cccc(CSCC(=O)N2c3ccccc3CC2C)c1. The number of benzene rings is 2. The molecule has 1 amide bonds. The van der Waals surface area contributed by atoms with E-state index < -0.39 is 0 Å². The molecular formula is C20H21NO3S. The van der Waals surface area contributed by atoms with Crippen molar-refractivity contribution in [3.8, 4) is 0 Å². The summed E-state index contributed by atoms with van der Waals surface area (Å²) in [4.78, 5) is 26.2. The minimum Gasteiger partial charge on any atom is -0.465 e. The van der Waals surface area contributed by atoms with E-state index in [4.69, 9.17) is 4.74 Å². The summed E-state index contributed by atoms with van der Waals surface area (Å²) in [6.07, 6.45) is 0.910. The van der Waals surface area contributed by atoms with Crippen LogP contribution in [0.25, 0.3) is 0 Å². The smallest absolute Gasteiger partial charge is 0.337 e. The van der Waals surface area contributed by atoms with Crippen molar-refractivity contribution in [2.24, 2.45) is 0 Å². The van der Waals surface area contributed by atoms with E-state index in [-0.39, 0.29) is 17.9 Å². The molecule has 0 spiro atoms. The summed E-state index contributed by atoms with van der Waals surface area (Å²) in [6.45, 7) is 2.09. The summed E-state index contributed by atoms with van der Waals surface area (Å²) >= 11 is 1.56. The summed E-state index contributed by atoms with van der Waals surface area (Å²) in [7, 11) is 1.37. The average molecular weight is 355 g/mol. The maximum Gasteiger partial charge on any atom is 0.337 e. The number of hydrogen-bond donors (Lipinski definition) is 0. The van der Waals surface area contributed by atoms with Gasteiger partial charge in [0.1, 0.15) is 0 Å². The highest BCUT2D eigenvalue weighted by Crippen LogP contribution is 2.32. The van der Waals surface area contributed by atoms with Crippen molar-refractivity contribution in [2.75, 3.05) is 17.8 Å². The minimum atomic E-state index is -0.342. The summed E-state index contributed by atoms with van der Waals surface area (Å²) in [5.74, 6) is 0.888. The zero-order valence-electron chi connectivity index (χ0n) is 14.4. The molecule has 2 aromatic carbocycles. The van der Waals surface area contributed by atoms with Crippen LogP contribution in [0.4, 0.5) is 5.69 Å². The largest absolute Gasteiger partial charge is 0.465 e. The molecule has 2 aromatic rings. The van der Waals surface area contributed by atoms with Gasteiger partial charge in [0, 0.05) is 17.5 Å². The van der Waals surface area contributed by atoms with Gasteiger partial charge in [-0.25, -0.2) is 4.79 Å². The van der Waals surface area contributed by atoms with Crippen molar-refractivity contribution in [1.29, 1.82) is 0 Å². The highest BCUT2D eigenvalue weighted by Gasteiger charge is 2.30. The Kier molecular flexibility index (Phi) is 5.43. The third-order valence-corrected chi connectivity index (χ3v) is 5.31. The van der Waals surface area contributed by atoms with Crippen LogP contribution >= 0.6 is 11.8 Å². The number of rotatable bonds is 5. The molecule has 1 unspecified atom stereocenters. The van der Waals surface area contributed by atoms with Crippen molar-refractivity contribution < 1.29 is 14.3 Å². The first-order chi connectivity index (χ1) is 12.1. The number of carbonyl (C=O) groups is 2. The van der Waals surface area contributed by atoms with Gasteiger partial charge in [-0.1, -0.05) is 30.3 Å². The van der Waals surface area contributed by atoms with Crippen molar-refractivity contribution >= 4 is 29.3 Å². The first kappa shape index (κ1) is 17.5. The number of nitrogens with zero attached hydrogens (tertiary/aromatic N) is 1. The number of thioether (sulfide) groups is 1. The van der Waals surface area contributed by atoms with Crippen molar-refractivity contribution in [1.82, 2.24) is 0 Å². The van der Waals surface area contributed by atoms with E-state index in [0.717, 1.165) is 17.7 Å². The maximum absolute atomic E-state index is 12.7. The molecule has 4 nitrogen and oxygen atoms in total. The Morgan fingerprint density at radius 3 is 2.80 bits per heavy atom. The number of hydrogen-bond acceptors (Lipinski definition) is 4. The zero-order chi connectivity index (χ0) is 17.8. The van der Waals surface area contributed by atoms with Crippen molar-refractivity contribution in [2.45, 2.75) is 25.1 Å². The van der Waals surface area contributed by atoms with E-state index in [0.29, 0.717) is 17.1 Å². The third kappa shape index (κ3) is 3.87. The molecule has 1 aliphatic heterocycles. The Balaban J connectivity index is 1.59. The molecular weight excluding hydrogens is 334 g/mol. The Morgan fingerprint density at radius 2 is 2.00 bits per heavy atom. The standard InChI is InChI=1S/C20H21NO3S/c1-14-10-16-7-3-4-9-18(16)21(14)19(22)13-25-12-15-6-5-8-17(11-15)20(23)24-2/h3-9,11,14H,10,12-13H2,1-2H3. The van der Waals surface area contributed by atoms with Gasteiger partial charge in [-0.05, 0) is 42.7 Å². The van der Waals surface area contributed by atoms with Crippen LogP contribution in [-0.2, 0) is 21.7 Å². The number of amides is 1. The predicted molar refractivity (Wildman–Crippen MR) is 101 cm³/mol. The van der Waals surface area contributed by atoms with Gasteiger partial charge in [-0.3, -0.25) is 4.79 Å². The molecule has 0 fully saturated rings. The van der Waals surface area contributed by atoms with E-state index in [1.165, 1.54) is 12.7 Å². The molecule has 0 radical (unpaired) electrons. The number of esters is 1. The first-order valence-corrected chi connectivity index (χ1v) is 9.40. The average Bonchev–Trinajstić information content (AvgIpc) is 2.97. The lowest BCUT2D eigenvalue weighted by Crippen LogP contribution is -2.37. The Hall–Kier alpha value is -2.27. The van der Waals surface area contributed by atoms with E-state index in [2.05, 4.69) is 13.0 Å². The van der Waals surface area contributed by atoms with Crippen LogP contribution in [0.2, 0.25) is 0 Å². The van der Waals surface area contributed by atoms with Gasteiger partial charge >= 0.3 is 5.97 Å². The van der Waals surface area contributed by atoms with E-state index in [1.807, 2.05) is 41.3 Å². The molecule has 0 aromatic heterocycles. The lowest BCUT2D eigenvalue weighted by Gasteiger charge is -2.22. The van der Waals surface area contributed by atoms with E-state index in [1.54, 1.807) is 17.8 Å². The fraction of sp³-hybridized carbons (Fsp3) is 0.300. The summed E-state index contributed by atoms with van der Waals surface area (Å²) in [6, 6.07) is 15.6. The number of methoxy groups -OCH3 is 1. The molecule has 25 heavy (non-hydrogen) atoms. The molecule has 0 N–H and O–H groups in total. The second-order valence-electron chi connectivity index (χ2n) is 6.13. The van der Waals surface area contributed by atoms with Crippen LogP contribution in [0.15, 0.2) is 48.5 Å². The van der Waals surface area contributed by atoms with Crippen LogP contribution < -0.4 is 4.90 Å². The molecule has 0 saturated heterocycles. The molecule has 0 bridgehead atoms. The zero-order valence-corrected chi connectivity index (χ0v) is 15.2. The molecule has 5 heteroatoms. The van der Waals surface area contributed by atoms with Gasteiger partial charge in [0.25, 0.3) is 0 Å². The van der Waals surface area contributed by atoms with E-state index >= 15 is 0 Å². The topological polar surface area (TPSA) is 46.6 Å². The minimum absolute atomic E-state index is 0.131. The van der Waals surface area contributed by atoms with Crippen molar-refractivity contribution in [3.05, 3.63) is 65.2 Å². The monoisotopic (exact) mass is 355 g/mol. The van der Waals surface area contributed by atoms with Crippen LogP contribution in [0, 0.1) is 0 Å². The number of anilines is 1. The Labute approximate surface area is 152 Å². The molecule has 1 atom stereocenters. The van der Waals surface area contributed by atoms with Crippen LogP contribution in [0.3, 0.4) is 0 Å². The second kappa shape index (κ2) is 7.74. The van der Waals surface area contributed by atoms with E-state index in [9.17, 15) is 9.59 Å². The second-order valence-corrected chi connectivity index (χ2v) is 7.12. The van der Waals surface area contributed by atoms with Crippen LogP contribution in [-0.4, -0.2) is 30.8 Å². The number of carbonyl (C=O) groups excluding carboxylic acids is 2. The fourth-order valence-corrected chi connectivity index (χ4v) is 4.01. The molecule has 130 valence electrons. The highest BCUT2D eigenvalue weighted by molar-refractivity contribution is 7.99.